The maximum Gasteiger partial charge on any atom is 0.321 e. The molecule has 3 N–H and O–H groups in total. The van der Waals surface area contributed by atoms with Crippen LogP contribution in [0.3, 0.4) is 0 Å². The third-order valence-electron chi connectivity index (χ3n) is 5.11. The van der Waals surface area contributed by atoms with Crippen LogP contribution in [0, 0.1) is 6.92 Å². The number of nitrogens with one attached hydrogen (secondary N) is 2. The highest BCUT2D eigenvalue weighted by Gasteiger charge is 2.35. The number of aromatic amines is 1. The zero-order valence-corrected chi connectivity index (χ0v) is 15.9. The Balaban J connectivity index is 1.93. The van der Waals surface area contributed by atoms with Crippen LogP contribution in [0.5, 0.6) is 5.75 Å². The van der Waals surface area contributed by atoms with Crippen molar-refractivity contribution in [2.75, 3.05) is 6.61 Å². The lowest BCUT2D eigenvalue weighted by Crippen LogP contribution is -2.45. The summed E-state index contributed by atoms with van der Waals surface area (Å²) < 4.78 is 5.85. The number of rotatable bonds is 4. The van der Waals surface area contributed by atoms with Gasteiger partial charge in [0.25, 0.3) is 0 Å². The molecule has 2 unspecified atom stereocenters. The number of fused-ring (bicyclic) bond motifs is 3. The Bertz CT molecular complexity index is 1030. The number of aryl methyl sites for hydroxylation is 1. The SMILES string of the molecule is CCOc1cc(C)c(Cl)cc1C1NC(C(=O)O)Cc2c1[nH]c1ccccc21. The van der Waals surface area contributed by atoms with E-state index in [-0.39, 0.29) is 6.04 Å². The summed E-state index contributed by atoms with van der Waals surface area (Å²) in [5, 5.41) is 14.6. The number of carboxylic acid groups (broad SMARTS) is 1. The summed E-state index contributed by atoms with van der Waals surface area (Å²) in [5.41, 5.74) is 4.75. The van der Waals surface area contributed by atoms with E-state index < -0.39 is 12.0 Å². The Kier molecular flexibility index (Phi) is 4.58. The fourth-order valence-corrected chi connectivity index (χ4v) is 3.99. The first-order chi connectivity index (χ1) is 13.0. The first kappa shape index (κ1) is 17.9. The summed E-state index contributed by atoms with van der Waals surface area (Å²) in [6, 6.07) is 10.7. The van der Waals surface area contributed by atoms with Crippen molar-refractivity contribution in [3.8, 4) is 5.75 Å². The lowest BCUT2D eigenvalue weighted by atomic mass is 9.89. The lowest BCUT2D eigenvalue weighted by Gasteiger charge is -2.31. The average molecular weight is 385 g/mol. The van der Waals surface area contributed by atoms with Crippen LogP contribution in [0.1, 0.15) is 35.3 Å². The number of carboxylic acids is 1. The van der Waals surface area contributed by atoms with Gasteiger partial charge < -0.3 is 14.8 Å². The Morgan fingerprint density at radius 2 is 2.11 bits per heavy atom. The number of hydrogen-bond acceptors (Lipinski definition) is 3. The maximum absolute atomic E-state index is 11.8. The second-order valence-electron chi connectivity index (χ2n) is 6.83. The molecule has 0 spiro atoms. The van der Waals surface area contributed by atoms with Gasteiger partial charge in [-0.25, -0.2) is 0 Å². The van der Waals surface area contributed by atoms with Crippen molar-refractivity contribution in [2.24, 2.45) is 0 Å². The summed E-state index contributed by atoms with van der Waals surface area (Å²) >= 11 is 6.40. The molecule has 6 heteroatoms. The van der Waals surface area contributed by atoms with Crippen LogP contribution in [-0.4, -0.2) is 28.7 Å². The van der Waals surface area contributed by atoms with Gasteiger partial charge in [-0.05, 0) is 43.2 Å². The molecule has 140 valence electrons. The Labute approximate surface area is 162 Å². The monoisotopic (exact) mass is 384 g/mol. The molecule has 4 rings (SSSR count). The molecule has 1 aliphatic heterocycles. The van der Waals surface area contributed by atoms with Crippen LogP contribution in [0.25, 0.3) is 10.9 Å². The van der Waals surface area contributed by atoms with E-state index in [1.54, 1.807) is 0 Å². The van der Waals surface area contributed by atoms with Gasteiger partial charge in [0.2, 0.25) is 0 Å². The number of aliphatic carboxylic acids is 1. The zero-order valence-electron chi connectivity index (χ0n) is 15.2. The second kappa shape index (κ2) is 6.91. The molecule has 0 saturated heterocycles. The van der Waals surface area contributed by atoms with Gasteiger partial charge in [-0.2, -0.15) is 0 Å². The van der Waals surface area contributed by atoms with Gasteiger partial charge in [0.15, 0.2) is 0 Å². The molecule has 0 aliphatic carbocycles. The van der Waals surface area contributed by atoms with Crippen LogP contribution < -0.4 is 10.1 Å². The van der Waals surface area contributed by atoms with Crippen LogP contribution in [0.2, 0.25) is 5.02 Å². The molecule has 0 amide bonds. The number of benzene rings is 2. The standard InChI is InChI=1S/C21H21ClN2O3/c1-3-27-18-8-11(2)15(22)9-14(18)20-19-13(10-17(24-20)21(25)26)12-6-4-5-7-16(12)23-19/h4-9,17,20,23-24H,3,10H2,1-2H3,(H,25,26). The highest BCUT2D eigenvalue weighted by Crippen LogP contribution is 2.40. The van der Waals surface area contributed by atoms with E-state index in [0.29, 0.717) is 23.8 Å². The summed E-state index contributed by atoms with van der Waals surface area (Å²) in [6.07, 6.45) is 0.425. The van der Waals surface area contributed by atoms with E-state index in [1.807, 2.05) is 50.2 Å². The predicted molar refractivity (Wildman–Crippen MR) is 106 cm³/mol. The van der Waals surface area contributed by atoms with Crippen LogP contribution in [0.15, 0.2) is 36.4 Å². The number of aromatic nitrogens is 1. The van der Waals surface area contributed by atoms with Crippen LogP contribution in [0.4, 0.5) is 0 Å². The minimum atomic E-state index is -0.868. The van der Waals surface area contributed by atoms with Crippen LogP contribution >= 0.6 is 11.6 Å². The van der Waals surface area contributed by atoms with Crippen molar-refractivity contribution in [1.29, 1.82) is 0 Å². The molecule has 3 aromatic rings. The summed E-state index contributed by atoms with van der Waals surface area (Å²) in [5.74, 6) is -0.153. The zero-order chi connectivity index (χ0) is 19.1. The Morgan fingerprint density at radius 3 is 2.85 bits per heavy atom. The van der Waals surface area contributed by atoms with Gasteiger partial charge in [-0.1, -0.05) is 29.8 Å². The van der Waals surface area contributed by atoms with Crippen LogP contribution in [-0.2, 0) is 11.2 Å². The van der Waals surface area contributed by atoms with Crippen molar-refractivity contribution < 1.29 is 14.6 Å². The van der Waals surface area contributed by atoms with E-state index in [9.17, 15) is 9.90 Å². The molecular weight excluding hydrogens is 364 g/mol. The van der Waals surface area contributed by atoms with Gasteiger partial charge in [0.1, 0.15) is 11.8 Å². The van der Waals surface area contributed by atoms with Gasteiger partial charge in [0, 0.05) is 33.6 Å². The highest BCUT2D eigenvalue weighted by molar-refractivity contribution is 6.31. The molecule has 5 nitrogen and oxygen atoms in total. The third kappa shape index (κ3) is 3.07. The predicted octanol–water partition coefficient (Wildman–Crippen LogP) is 4.22. The molecule has 2 aromatic carbocycles. The summed E-state index contributed by atoms with van der Waals surface area (Å²) in [4.78, 5) is 15.3. The third-order valence-corrected chi connectivity index (χ3v) is 5.52. The fourth-order valence-electron chi connectivity index (χ4n) is 3.82. The number of H-pyrrole nitrogens is 1. The Hall–Kier alpha value is -2.50. The second-order valence-corrected chi connectivity index (χ2v) is 7.24. The normalized spacial score (nSPS) is 19.1. The highest BCUT2D eigenvalue weighted by atomic mass is 35.5. The molecule has 1 aromatic heterocycles. The molecule has 0 saturated carbocycles. The van der Waals surface area contributed by atoms with E-state index >= 15 is 0 Å². The molecule has 2 heterocycles. The van der Waals surface area contributed by atoms with Gasteiger partial charge in [-0.15, -0.1) is 0 Å². The largest absolute Gasteiger partial charge is 0.494 e. The van der Waals surface area contributed by atoms with Gasteiger partial charge in [0.05, 0.1) is 12.6 Å². The van der Waals surface area contributed by atoms with E-state index in [4.69, 9.17) is 16.3 Å². The molecule has 0 fully saturated rings. The van der Waals surface area contributed by atoms with E-state index in [0.717, 1.165) is 33.3 Å². The van der Waals surface area contributed by atoms with Crippen molar-refractivity contribution in [3.05, 3.63) is 63.8 Å². The topological polar surface area (TPSA) is 74.3 Å². The molecule has 1 aliphatic rings. The first-order valence-electron chi connectivity index (χ1n) is 9.00. The number of ether oxygens (including phenoxy) is 1. The summed E-state index contributed by atoms with van der Waals surface area (Å²) in [6.45, 7) is 4.37. The number of carbonyl (C=O) groups is 1. The van der Waals surface area contributed by atoms with Crippen molar-refractivity contribution in [1.82, 2.24) is 10.3 Å². The van der Waals surface area contributed by atoms with Crippen molar-refractivity contribution in [2.45, 2.75) is 32.4 Å². The van der Waals surface area contributed by atoms with Gasteiger partial charge in [-0.3, -0.25) is 10.1 Å². The van der Waals surface area contributed by atoms with Crippen molar-refractivity contribution in [3.63, 3.8) is 0 Å². The minimum Gasteiger partial charge on any atom is -0.494 e. The summed E-state index contributed by atoms with van der Waals surface area (Å²) in [7, 11) is 0. The molecule has 2 atom stereocenters. The minimum absolute atomic E-state index is 0.345. The first-order valence-corrected chi connectivity index (χ1v) is 9.38. The number of halogens is 1. The fraction of sp³-hybridized carbons (Fsp3) is 0.286. The maximum atomic E-state index is 11.8. The van der Waals surface area contributed by atoms with Gasteiger partial charge >= 0.3 is 5.97 Å². The number of hydrogen-bond donors (Lipinski definition) is 3. The van der Waals surface area contributed by atoms with Crippen molar-refractivity contribution >= 4 is 28.5 Å². The molecule has 0 bridgehead atoms. The van der Waals surface area contributed by atoms with E-state index in [1.165, 1.54) is 0 Å². The van der Waals surface area contributed by atoms with E-state index in [2.05, 4.69) is 10.3 Å². The quantitative estimate of drug-likeness (QED) is 0.629. The molecule has 27 heavy (non-hydrogen) atoms. The lowest BCUT2D eigenvalue weighted by molar-refractivity contribution is -0.139. The Morgan fingerprint density at radius 1 is 1.33 bits per heavy atom. The molecular formula is C21H21ClN2O3. The number of para-hydroxylation sites is 1. The average Bonchev–Trinajstić information content (AvgIpc) is 3.03. The molecule has 0 radical (unpaired) electrons. The smallest absolute Gasteiger partial charge is 0.321 e.